The van der Waals surface area contributed by atoms with Crippen molar-refractivity contribution in [3.63, 3.8) is 0 Å². The van der Waals surface area contributed by atoms with Gasteiger partial charge in [-0.1, -0.05) is 11.8 Å². The van der Waals surface area contributed by atoms with E-state index in [9.17, 15) is 4.39 Å². The molecule has 1 heterocycles. The molecule has 2 N–H and O–H groups in total. The van der Waals surface area contributed by atoms with E-state index in [1.165, 1.54) is 12.3 Å². The van der Waals surface area contributed by atoms with Crippen LogP contribution in [0.2, 0.25) is 0 Å². The van der Waals surface area contributed by atoms with Crippen LogP contribution in [0.4, 0.5) is 4.39 Å². The molecule has 0 saturated carbocycles. The van der Waals surface area contributed by atoms with Gasteiger partial charge in [-0.3, -0.25) is 0 Å². The van der Waals surface area contributed by atoms with Crippen molar-refractivity contribution in [1.82, 2.24) is 4.98 Å². The van der Waals surface area contributed by atoms with Crippen LogP contribution < -0.4 is 5.73 Å². The van der Waals surface area contributed by atoms with Crippen LogP contribution in [0.5, 0.6) is 0 Å². The SMILES string of the molecule is Cc1cc(F)ncc1C#CCN. The van der Waals surface area contributed by atoms with Crippen molar-refractivity contribution in [2.75, 3.05) is 6.54 Å². The Morgan fingerprint density at radius 2 is 2.42 bits per heavy atom. The highest BCUT2D eigenvalue weighted by molar-refractivity contribution is 5.38. The second kappa shape index (κ2) is 3.84. The molecular weight excluding hydrogens is 155 g/mol. The maximum Gasteiger partial charge on any atom is 0.213 e. The maximum atomic E-state index is 12.5. The predicted molar refractivity (Wildman–Crippen MR) is 44.9 cm³/mol. The van der Waals surface area contributed by atoms with Crippen molar-refractivity contribution in [1.29, 1.82) is 0 Å². The minimum absolute atomic E-state index is 0.302. The van der Waals surface area contributed by atoms with Crippen LogP contribution in [0.3, 0.4) is 0 Å². The molecule has 0 aliphatic carbocycles. The van der Waals surface area contributed by atoms with Gasteiger partial charge in [-0.05, 0) is 18.6 Å². The largest absolute Gasteiger partial charge is 0.320 e. The van der Waals surface area contributed by atoms with Gasteiger partial charge in [0.15, 0.2) is 0 Å². The third-order valence-corrected chi connectivity index (χ3v) is 1.40. The first kappa shape index (κ1) is 8.69. The molecule has 0 aliphatic rings. The molecule has 0 aliphatic heterocycles. The first-order valence-electron chi connectivity index (χ1n) is 3.55. The van der Waals surface area contributed by atoms with E-state index >= 15 is 0 Å². The smallest absolute Gasteiger partial charge is 0.213 e. The van der Waals surface area contributed by atoms with E-state index < -0.39 is 5.95 Å². The number of aromatic nitrogens is 1. The summed E-state index contributed by atoms with van der Waals surface area (Å²) in [5.74, 6) is 5.00. The van der Waals surface area contributed by atoms with Crippen LogP contribution in [0.15, 0.2) is 12.3 Å². The molecule has 0 aromatic carbocycles. The highest BCUT2D eigenvalue weighted by atomic mass is 19.1. The summed E-state index contributed by atoms with van der Waals surface area (Å²) in [6.07, 6.45) is 1.41. The monoisotopic (exact) mass is 164 g/mol. The molecule has 1 aromatic rings. The van der Waals surface area contributed by atoms with Gasteiger partial charge in [0.05, 0.1) is 6.54 Å². The van der Waals surface area contributed by atoms with Gasteiger partial charge in [-0.2, -0.15) is 4.39 Å². The molecule has 0 amide bonds. The third-order valence-electron chi connectivity index (χ3n) is 1.40. The average molecular weight is 164 g/mol. The van der Waals surface area contributed by atoms with Crippen molar-refractivity contribution in [2.45, 2.75) is 6.92 Å². The Balaban J connectivity index is 3.01. The Bertz CT molecular complexity index is 336. The zero-order valence-corrected chi connectivity index (χ0v) is 6.76. The Hall–Kier alpha value is -1.40. The summed E-state index contributed by atoms with van der Waals surface area (Å²) in [5, 5.41) is 0. The summed E-state index contributed by atoms with van der Waals surface area (Å²) in [5.41, 5.74) is 6.69. The molecule has 0 spiro atoms. The van der Waals surface area contributed by atoms with Gasteiger partial charge < -0.3 is 5.73 Å². The molecule has 12 heavy (non-hydrogen) atoms. The summed E-state index contributed by atoms with van der Waals surface area (Å²) in [7, 11) is 0. The van der Waals surface area contributed by atoms with Gasteiger partial charge in [0, 0.05) is 11.8 Å². The second-order valence-corrected chi connectivity index (χ2v) is 2.33. The van der Waals surface area contributed by atoms with Crippen molar-refractivity contribution in [3.8, 4) is 11.8 Å². The lowest BCUT2D eigenvalue weighted by Gasteiger charge is -1.95. The van der Waals surface area contributed by atoms with Gasteiger partial charge in [-0.15, -0.1) is 0 Å². The fourth-order valence-electron chi connectivity index (χ4n) is 0.799. The van der Waals surface area contributed by atoms with Gasteiger partial charge in [0.25, 0.3) is 0 Å². The van der Waals surface area contributed by atoms with E-state index in [1.54, 1.807) is 6.92 Å². The second-order valence-electron chi connectivity index (χ2n) is 2.33. The minimum Gasteiger partial charge on any atom is -0.320 e. The fraction of sp³-hybridized carbons (Fsp3) is 0.222. The molecule has 62 valence electrons. The van der Waals surface area contributed by atoms with E-state index in [0.717, 1.165) is 11.1 Å². The van der Waals surface area contributed by atoms with Crippen LogP contribution in [0, 0.1) is 24.7 Å². The summed E-state index contributed by atoms with van der Waals surface area (Å²) in [6, 6.07) is 1.35. The standard InChI is InChI=1S/C9H9FN2/c1-7-5-9(10)12-6-8(7)3-2-4-11/h5-6H,4,11H2,1H3. The Labute approximate surface area is 70.6 Å². The number of nitrogens with two attached hydrogens (primary N) is 1. The fourth-order valence-corrected chi connectivity index (χ4v) is 0.799. The molecule has 0 bridgehead atoms. The number of nitrogens with zero attached hydrogens (tertiary/aromatic N) is 1. The third kappa shape index (κ3) is 2.04. The number of pyridine rings is 1. The highest BCUT2D eigenvalue weighted by Crippen LogP contribution is 2.04. The topological polar surface area (TPSA) is 38.9 Å². The Morgan fingerprint density at radius 3 is 3.00 bits per heavy atom. The lowest BCUT2D eigenvalue weighted by atomic mass is 10.2. The first-order chi connectivity index (χ1) is 5.74. The van der Waals surface area contributed by atoms with Gasteiger partial charge in [0.1, 0.15) is 0 Å². The number of hydrogen-bond donors (Lipinski definition) is 1. The van der Waals surface area contributed by atoms with E-state index in [-0.39, 0.29) is 0 Å². The van der Waals surface area contributed by atoms with Crippen LogP contribution in [0.1, 0.15) is 11.1 Å². The van der Waals surface area contributed by atoms with E-state index in [0.29, 0.717) is 6.54 Å². The normalized spacial score (nSPS) is 8.92. The van der Waals surface area contributed by atoms with Crippen LogP contribution >= 0.6 is 0 Å². The molecular formula is C9H9FN2. The van der Waals surface area contributed by atoms with Crippen molar-refractivity contribution >= 4 is 0 Å². The lowest BCUT2D eigenvalue weighted by Crippen LogP contribution is -1.94. The molecule has 2 nitrogen and oxygen atoms in total. The lowest BCUT2D eigenvalue weighted by molar-refractivity contribution is 0.582. The summed E-state index contributed by atoms with van der Waals surface area (Å²) >= 11 is 0. The number of halogens is 1. The maximum absolute atomic E-state index is 12.5. The molecule has 1 rings (SSSR count). The quantitative estimate of drug-likeness (QED) is 0.456. The predicted octanol–water partition coefficient (Wildman–Crippen LogP) is 0.839. The first-order valence-corrected chi connectivity index (χ1v) is 3.55. The van der Waals surface area contributed by atoms with Crippen LogP contribution in [-0.4, -0.2) is 11.5 Å². The molecule has 0 radical (unpaired) electrons. The summed E-state index contributed by atoms with van der Waals surface area (Å²) in [6.45, 7) is 2.09. The molecule has 0 fully saturated rings. The number of aryl methyl sites for hydroxylation is 1. The van der Waals surface area contributed by atoms with E-state index in [4.69, 9.17) is 5.73 Å². The minimum atomic E-state index is -0.481. The number of rotatable bonds is 0. The van der Waals surface area contributed by atoms with Crippen LogP contribution in [-0.2, 0) is 0 Å². The Kier molecular flexibility index (Phi) is 2.78. The van der Waals surface area contributed by atoms with Crippen molar-refractivity contribution in [2.24, 2.45) is 5.73 Å². The van der Waals surface area contributed by atoms with Gasteiger partial charge in [0.2, 0.25) is 5.95 Å². The molecule has 0 atom stereocenters. The van der Waals surface area contributed by atoms with Crippen molar-refractivity contribution < 1.29 is 4.39 Å². The van der Waals surface area contributed by atoms with Crippen LogP contribution in [0.25, 0.3) is 0 Å². The van der Waals surface area contributed by atoms with Gasteiger partial charge >= 0.3 is 0 Å². The average Bonchev–Trinajstić information content (AvgIpc) is 2.03. The molecule has 3 heteroatoms. The molecule has 0 unspecified atom stereocenters. The van der Waals surface area contributed by atoms with E-state index in [1.807, 2.05) is 0 Å². The van der Waals surface area contributed by atoms with Crippen molar-refractivity contribution in [3.05, 3.63) is 29.3 Å². The zero-order chi connectivity index (χ0) is 8.97. The highest BCUT2D eigenvalue weighted by Gasteiger charge is 1.96. The molecule has 0 saturated heterocycles. The Morgan fingerprint density at radius 1 is 1.67 bits per heavy atom. The van der Waals surface area contributed by atoms with E-state index in [2.05, 4.69) is 16.8 Å². The summed E-state index contributed by atoms with van der Waals surface area (Å²) < 4.78 is 12.5. The zero-order valence-electron chi connectivity index (χ0n) is 6.76. The van der Waals surface area contributed by atoms with Gasteiger partial charge in [-0.25, -0.2) is 4.98 Å². The molecule has 1 aromatic heterocycles. The number of hydrogen-bond acceptors (Lipinski definition) is 2. The summed E-state index contributed by atoms with van der Waals surface area (Å²) in [4.78, 5) is 3.48.